The predicted molar refractivity (Wildman–Crippen MR) is 120 cm³/mol. The zero-order valence-electron chi connectivity index (χ0n) is 17.3. The molecule has 0 fully saturated rings. The van der Waals surface area contributed by atoms with Gasteiger partial charge in [0.2, 0.25) is 12.4 Å². The number of carbonyl (C=O) groups is 1. The molecule has 1 aromatic carbocycles. The number of carboxylic acids is 1. The van der Waals surface area contributed by atoms with E-state index in [-0.39, 0.29) is 23.1 Å². The van der Waals surface area contributed by atoms with Gasteiger partial charge >= 0.3 is 5.97 Å². The summed E-state index contributed by atoms with van der Waals surface area (Å²) in [5.74, 6) is -1.61. The van der Waals surface area contributed by atoms with Crippen molar-refractivity contribution in [2.75, 3.05) is 14.2 Å². The SMILES string of the molecule is COc1ccc([C@@H](Cc2c(Cl)c[n+](O)cc2Cl)C(C(=O)O)c2ccc(CO)s2)cc1OC. The summed E-state index contributed by atoms with van der Waals surface area (Å²) in [6.45, 7) is -0.176. The van der Waals surface area contributed by atoms with Crippen LogP contribution in [0.25, 0.3) is 0 Å². The Balaban J connectivity index is 2.17. The van der Waals surface area contributed by atoms with E-state index in [0.29, 0.717) is 32.4 Å². The zero-order valence-corrected chi connectivity index (χ0v) is 19.6. The summed E-state index contributed by atoms with van der Waals surface area (Å²) < 4.78 is 11.5. The van der Waals surface area contributed by atoms with Crippen LogP contribution in [0.15, 0.2) is 42.7 Å². The van der Waals surface area contributed by atoms with Crippen molar-refractivity contribution in [1.82, 2.24) is 0 Å². The first-order valence-electron chi connectivity index (χ1n) is 9.51. The second-order valence-electron chi connectivity index (χ2n) is 7.02. The topological polar surface area (TPSA) is 100 Å². The number of aliphatic hydroxyl groups is 1. The number of ether oxygens (including phenoxy) is 2. The predicted octanol–water partition coefficient (Wildman–Crippen LogP) is 4.28. The van der Waals surface area contributed by atoms with E-state index in [9.17, 15) is 20.2 Å². The minimum Gasteiger partial charge on any atom is -0.493 e. The minimum absolute atomic E-state index is 0.176. The minimum atomic E-state index is -1.03. The Morgan fingerprint density at radius 2 is 1.75 bits per heavy atom. The lowest BCUT2D eigenvalue weighted by molar-refractivity contribution is -0.904. The summed E-state index contributed by atoms with van der Waals surface area (Å²) in [6.07, 6.45) is 2.76. The molecule has 0 spiro atoms. The van der Waals surface area contributed by atoms with Crippen LogP contribution in [0.3, 0.4) is 0 Å². The highest BCUT2D eigenvalue weighted by Gasteiger charge is 2.34. The van der Waals surface area contributed by atoms with Crippen molar-refractivity contribution in [3.05, 3.63) is 73.7 Å². The van der Waals surface area contributed by atoms with Crippen molar-refractivity contribution in [3.8, 4) is 11.5 Å². The van der Waals surface area contributed by atoms with Crippen molar-refractivity contribution in [2.24, 2.45) is 0 Å². The molecular weight excluding hydrogens is 477 g/mol. The van der Waals surface area contributed by atoms with Gasteiger partial charge in [0.25, 0.3) is 0 Å². The second-order valence-corrected chi connectivity index (χ2v) is 9.03. The molecule has 0 amide bonds. The van der Waals surface area contributed by atoms with Crippen LogP contribution in [-0.4, -0.2) is 35.6 Å². The van der Waals surface area contributed by atoms with Crippen LogP contribution in [0, 0.1) is 0 Å². The Kier molecular flexibility index (Phi) is 7.84. The average Bonchev–Trinajstić information content (AvgIpc) is 3.23. The van der Waals surface area contributed by atoms with Crippen LogP contribution < -0.4 is 14.2 Å². The fraction of sp³-hybridized carbons (Fsp3) is 0.273. The number of methoxy groups -OCH3 is 2. The summed E-state index contributed by atoms with van der Waals surface area (Å²) in [4.78, 5) is 13.7. The molecule has 170 valence electrons. The largest absolute Gasteiger partial charge is 0.493 e. The molecule has 10 heteroatoms. The molecule has 0 saturated carbocycles. The molecule has 3 aromatic rings. The highest BCUT2D eigenvalue weighted by atomic mass is 35.5. The normalized spacial score (nSPS) is 12.9. The third-order valence-corrected chi connectivity index (χ3v) is 6.95. The third kappa shape index (κ3) is 5.10. The second kappa shape index (κ2) is 10.4. The summed E-state index contributed by atoms with van der Waals surface area (Å²) in [5.41, 5.74) is 1.19. The first-order chi connectivity index (χ1) is 15.3. The third-order valence-electron chi connectivity index (χ3n) is 5.14. The van der Waals surface area contributed by atoms with Crippen LogP contribution in [0.1, 0.15) is 32.7 Å². The maximum Gasteiger partial charge on any atom is 0.312 e. The Morgan fingerprint density at radius 1 is 1.09 bits per heavy atom. The molecule has 2 aromatic heterocycles. The van der Waals surface area contributed by atoms with Gasteiger partial charge in [-0.2, -0.15) is 0 Å². The van der Waals surface area contributed by atoms with Crippen molar-refractivity contribution < 1.29 is 34.4 Å². The Morgan fingerprint density at radius 3 is 2.28 bits per heavy atom. The van der Waals surface area contributed by atoms with E-state index >= 15 is 0 Å². The van der Waals surface area contributed by atoms with E-state index < -0.39 is 17.8 Å². The fourth-order valence-corrected chi connectivity index (χ4v) is 5.24. The molecule has 7 nitrogen and oxygen atoms in total. The van der Waals surface area contributed by atoms with Crippen molar-refractivity contribution >= 4 is 40.5 Å². The first kappa shape index (κ1) is 24.1. The van der Waals surface area contributed by atoms with Gasteiger partial charge in [-0.15, -0.1) is 11.3 Å². The molecule has 3 N–H and O–H groups in total. The average molecular weight is 499 g/mol. The molecule has 0 aliphatic carbocycles. The van der Waals surface area contributed by atoms with Crippen molar-refractivity contribution in [1.29, 1.82) is 0 Å². The molecule has 2 atom stereocenters. The van der Waals surface area contributed by atoms with E-state index in [1.54, 1.807) is 30.3 Å². The molecule has 3 rings (SSSR count). The lowest BCUT2D eigenvalue weighted by atomic mass is 9.80. The van der Waals surface area contributed by atoms with Gasteiger partial charge in [-0.05, 0) is 36.2 Å². The molecule has 0 bridgehead atoms. The monoisotopic (exact) mass is 498 g/mol. The smallest absolute Gasteiger partial charge is 0.312 e. The van der Waals surface area contributed by atoms with E-state index in [2.05, 4.69) is 0 Å². The molecule has 0 aliphatic heterocycles. The molecule has 32 heavy (non-hydrogen) atoms. The zero-order chi connectivity index (χ0) is 23.4. The number of hydrogen-bond acceptors (Lipinski definition) is 6. The number of aliphatic hydroxyl groups excluding tert-OH is 1. The maximum atomic E-state index is 12.5. The van der Waals surface area contributed by atoms with Crippen molar-refractivity contribution in [3.63, 3.8) is 0 Å². The highest BCUT2D eigenvalue weighted by Crippen LogP contribution is 2.43. The van der Waals surface area contributed by atoms with Crippen LogP contribution in [0.4, 0.5) is 0 Å². The number of nitrogens with zero attached hydrogens (tertiary/aromatic N) is 1. The van der Waals surface area contributed by atoms with Crippen LogP contribution in [0.2, 0.25) is 10.0 Å². The Labute approximate surface area is 199 Å². The van der Waals surface area contributed by atoms with E-state index in [1.165, 1.54) is 38.0 Å². The Bertz CT molecular complexity index is 1100. The summed E-state index contributed by atoms with van der Waals surface area (Å²) in [6, 6.07) is 8.64. The molecule has 0 radical (unpaired) electrons. The van der Waals surface area contributed by atoms with Gasteiger partial charge in [0.15, 0.2) is 11.5 Å². The van der Waals surface area contributed by atoms with Gasteiger partial charge in [-0.3, -0.25) is 10.0 Å². The molecule has 0 aliphatic rings. The van der Waals surface area contributed by atoms with Gasteiger partial charge in [0, 0.05) is 26.0 Å². The molecule has 0 saturated heterocycles. The number of aromatic nitrogens is 1. The summed E-state index contributed by atoms with van der Waals surface area (Å²) in [7, 11) is 3.02. The molecule has 1 unspecified atom stereocenters. The van der Waals surface area contributed by atoms with Gasteiger partial charge in [-0.25, -0.2) is 0 Å². The fourth-order valence-electron chi connectivity index (χ4n) is 3.60. The molecule has 2 heterocycles. The van der Waals surface area contributed by atoms with Gasteiger partial charge in [-0.1, -0.05) is 29.3 Å². The van der Waals surface area contributed by atoms with E-state index in [1.807, 2.05) is 0 Å². The first-order valence-corrected chi connectivity index (χ1v) is 11.1. The Hall–Kier alpha value is -2.52. The number of benzene rings is 1. The number of halogens is 2. The van der Waals surface area contributed by atoms with Gasteiger partial charge < -0.3 is 19.7 Å². The van der Waals surface area contributed by atoms with Gasteiger partial charge in [0.1, 0.15) is 10.0 Å². The quantitative estimate of drug-likeness (QED) is 0.300. The van der Waals surface area contributed by atoms with Crippen LogP contribution in [0.5, 0.6) is 11.5 Å². The van der Waals surface area contributed by atoms with Crippen LogP contribution >= 0.6 is 34.5 Å². The molecular formula is C22H22Cl2NO6S+. The van der Waals surface area contributed by atoms with Crippen molar-refractivity contribution in [2.45, 2.75) is 24.9 Å². The lowest BCUT2D eigenvalue weighted by Crippen LogP contribution is -2.29. The highest BCUT2D eigenvalue weighted by molar-refractivity contribution is 7.12. The summed E-state index contributed by atoms with van der Waals surface area (Å²) >= 11 is 13.9. The van der Waals surface area contributed by atoms with E-state index in [4.69, 9.17) is 32.7 Å². The lowest BCUT2D eigenvalue weighted by Gasteiger charge is -2.25. The number of aliphatic carboxylic acids is 1. The number of carboxylic acid groups (broad SMARTS) is 1. The number of rotatable bonds is 9. The van der Waals surface area contributed by atoms with Crippen LogP contribution in [-0.2, 0) is 17.8 Å². The van der Waals surface area contributed by atoms with Gasteiger partial charge in [0.05, 0.1) is 26.7 Å². The number of thiophene rings is 1. The summed E-state index contributed by atoms with van der Waals surface area (Å²) in [5, 5.41) is 29.8. The van der Waals surface area contributed by atoms with E-state index in [0.717, 1.165) is 4.73 Å². The standard InChI is InChI=1S/C22H21Cl2NO6S/c1-30-18-5-3-12(7-19(18)31-2)14(8-15-16(23)9-25(29)10-17(15)24)21(22(27)28)20-6-4-13(11-26)32-20/h3-7,9-10,14,21,26H,8,11H2,1-2H3,(H-,27,28,29)/p+1/t14-,21?/m1/s1. The number of pyridine rings is 1. The number of hydrogen-bond donors (Lipinski definition) is 3. The maximum absolute atomic E-state index is 12.5.